The summed E-state index contributed by atoms with van der Waals surface area (Å²) in [5.41, 5.74) is 20.7. The smallest absolute Gasteiger partial charge is 0.0712 e. The van der Waals surface area contributed by atoms with Crippen molar-refractivity contribution in [2.75, 3.05) is 4.90 Å². The zero-order chi connectivity index (χ0) is 38.0. The van der Waals surface area contributed by atoms with Gasteiger partial charge in [-0.2, -0.15) is 0 Å². The Labute approximate surface area is 330 Å². The Morgan fingerprint density at radius 1 is 0.446 bits per heavy atom. The van der Waals surface area contributed by atoms with Crippen molar-refractivity contribution >= 4 is 34.0 Å². The van der Waals surface area contributed by atoms with Crippen molar-refractivity contribution in [3.63, 3.8) is 0 Å². The van der Waals surface area contributed by atoms with Crippen LogP contribution in [-0.4, -0.2) is 5.71 Å². The summed E-state index contributed by atoms with van der Waals surface area (Å²) in [6.07, 6.45) is 5.39. The highest BCUT2D eigenvalue weighted by Crippen LogP contribution is 2.54. The van der Waals surface area contributed by atoms with Crippen LogP contribution in [0.25, 0.3) is 33.5 Å². The highest BCUT2D eigenvalue weighted by Gasteiger charge is 2.38. The van der Waals surface area contributed by atoms with Crippen LogP contribution in [0.3, 0.4) is 0 Å². The Kier molecular flexibility index (Phi) is 7.94. The van der Waals surface area contributed by atoms with Gasteiger partial charge in [0.2, 0.25) is 0 Å². The van der Waals surface area contributed by atoms with Crippen LogP contribution >= 0.6 is 0 Å². The van der Waals surface area contributed by atoms with Gasteiger partial charge in [0.1, 0.15) is 0 Å². The maximum absolute atomic E-state index is 5.23. The molecule has 56 heavy (non-hydrogen) atoms. The van der Waals surface area contributed by atoms with E-state index in [4.69, 9.17) is 4.99 Å². The topological polar surface area (TPSA) is 15.6 Å². The van der Waals surface area contributed by atoms with E-state index in [1.807, 2.05) is 0 Å². The highest BCUT2D eigenvalue weighted by molar-refractivity contribution is 6.15. The van der Waals surface area contributed by atoms with Crippen molar-refractivity contribution in [1.29, 1.82) is 0 Å². The van der Waals surface area contributed by atoms with Crippen LogP contribution in [0.4, 0.5) is 17.1 Å². The number of aliphatic imine (C=N–C) groups is 1. The number of hydrogen-bond donors (Lipinski definition) is 0. The minimum absolute atomic E-state index is 0.162. The fourth-order valence-electron chi connectivity index (χ4n) is 9.24. The molecule has 7 aromatic rings. The van der Waals surface area contributed by atoms with Gasteiger partial charge in [-0.15, -0.1) is 0 Å². The van der Waals surface area contributed by atoms with E-state index in [2.05, 4.69) is 215 Å². The molecule has 0 radical (unpaired) electrons. The highest BCUT2D eigenvalue weighted by atomic mass is 15.2. The number of hydrogen-bond acceptors (Lipinski definition) is 2. The van der Waals surface area contributed by atoms with Crippen molar-refractivity contribution in [2.24, 2.45) is 4.99 Å². The third kappa shape index (κ3) is 5.51. The molecule has 10 rings (SSSR count). The van der Waals surface area contributed by atoms with E-state index in [-0.39, 0.29) is 10.8 Å². The summed E-state index contributed by atoms with van der Waals surface area (Å²) in [5, 5.41) is 0. The third-order valence-electron chi connectivity index (χ3n) is 12.3. The quantitative estimate of drug-likeness (QED) is 0.173. The van der Waals surface area contributed by atoms with Crippen LogP contribution in [0.2, 0.25) is 0 Å². The number of anilines is 3. The number of allylic oxidation sites excluding steroid dienone is 3. The molecule has 270 valence electrons. The summed E-state index contributed by atoms with van der Waals surface area (Å²) < 4.78 is 0. The van der Waals surface area contributed by atoms with Crippen molar-refractivity contribution in [2.45, 2.75) is 44.9 Å². The van der Waals surface area contributed by atoms with Crippen molar-refractivity contribution in [3.05, 3.63) is 221 Å². The monoisotopic (exact) mass is 720 g/mol. The van der Waals surface area contributed by atoms with Gasteiger partial charge in [0.25, 0.3) is 0 Å². The minimum Gasteiger partial charge on any atom is -0.310 e. The number of para-hydroxylation sites is 2. The first-order valence-electron chi connectivity index (χ1n) is 19.8. The van der Waals surface area contributed by atoms with Crippen molar-refractivity contribution in [3.8, 4) is 22.3 Å². The lowest BCUT2D eigenvalue weighted by molar-refractivity contribution is 0.632. The normalized spacial score (nSPS) is 16.0. The molecule has 0 saturated heterocycles. The number of rotatable bonds is 5. The molecule has 0 N–H and O–H groups in total. The molecule has 7 aromatic carbocycles. The predicted octanol–water partition coefficient (Wildman–Crippen LogP) is 14.1. The second kappa shape index (κ2) is 13.1. The van der Waals surface area contributed by atoms with Crippen LogP contribution < -0.4 is 4.90 Å². The molecule has 0 unspecified atom stereocenters. The molecule has 3 aliphatic rings. The fraction of sp³-hybridized carbons (Fsp3) is 0.130. The van der Waals surface area contributed by atoms with Gasteiger partial charge in [-0.1, -0.05) is 161 Å². The molecule has 0 amide bonds. The summed E-state index contributed by atoms with van der Waals surface area (Å²) in [7, 11) is 0. The summed E-state index contributed by atoms with van der Waals surface area (Å²) in [6, 6.07) is 62.1. The van der Waals surface area contributed by atoms with E-state index in [1.165, 1.54) is 72.7 Å². The molecular formula is C54H44N2. The zero-order valence-electron chi connectivity index (χ0n) is 32.4. The molecule has 0 fully saturated rings. The Morgan fingerprint density at radius 2 is 0.964 bits per heavy atom. The second-order valence-corrected chi connectivity index (χ2v) is 16.4. The standard InChI is InChI=1S/C54H44N2/c1-53(2)45-22-14-15-23-51(45)56(42-20-12-7-13-21-42)52-31-27-40(34-48(52)53)38-24-28-43-44-29-25-39(33-47(44)54(3,4)46(43)32-38)41-26-30-49(36-16-8-5-9-17-36)55-50(35-41)37-18-10-6-11-19-37/h5-25,27-35H,26H2,1-4H3. The molecule has 0 bridgehead atoms. The van der Waals surface area contributed by atoms with Crippen LogP contribution in [0.1, 0.15) is 73.1 Å². The van der Waals surface area contributed by atoms with Gasteiger partial charge in [-0.25, -0.2) is 4.99 Å². The molecule has 0 saturated carbocycles. The Hall–Kier alpha value is -6.51. The average molecular weight is 721 g/mol. The van der Waals surface area contributed by atoms with Gasteiger partial charge < -0.3 is 4.90 Å². The number of benzene rings is 7. The fourth-order valence-corrected chi connectivity index (χ4v) is 9.24. The van der Waals surface area contributed by atoms with Crippen LogP contribution in [0, 0.1) is 0 Å². The SMILES string of the molecule is CC1(C)c2cc(C3=CC(c4ccccc4)=NC(c4ccccc4)=CC3)ccc2-c2ccc(-c3ccc4c(c3)C(C)(C)c3ccccc3N4c3ccccc3)cc21. The third-order valence-corrected chi connectivity index (χ3v) is 12.3. The predicted molar refractivity (Wildman–Crippen MR) is 236 cm³/mol. The lowest BCUT2D eigenvalue weighted by Gasteiger charge is -2.42. The van der Waals surface area contributed by atoms with Crippen molar-refractivity contribution < 1.29 is 0 Å². The lowest BCUT2D eigenvalue weighted by atomic mass is 9.72. The number of fused-ring (bicyclic) bond motifs is 5. The van der Waals surface area contributed by atoms with Gasteiger partial charge in [-0.05, 0) is 116 Å². The molecule has 1 aliphatic carbocycles. The lowest BCUT2D eigenvalue weighted by Crippen LogP contribution is -2.30. The van der Waals surface area contributed by atoms with Crippen LogP contribution in [-0.2, 0) is 10.8 Å². The maximum Gasteiger partial charge on any atom is 0.0712 e. The Balaban J connectivity index is 1.02. The Bertz CT molecular complexity index is 2750. The summed E-state index contributed by atoms with van der Waals surface area (Å²) in [5.74, 6) is 0. The molecule has 2 aliphatic heterocycles. The van der Waals surface area contributed by atoms with E-state index in [9.17, 15) is 0 Å². The molecule has 0 atom stereocenters. The summed E-state index contributed by atoms with van der Waals surface area (Å²) in [6.45, 7) is 9.52. The van der Waals surface area contributed by atoms with Gasteiger partial charge in [0, 0.05) is 22.1 Å². The Morgan fingerprint density at radius 3 is 1.66 bits per heavy atom. The molecule has 2 heterocycles. The first kappa shape index (κ1) is 34.0. The largest absolute Gasteiger partial charge is 0.310 e. The number of nitrogens with zero attached hydrogens (tertiary/aromatic N) is 2. The minimum atomic E-state index is -0.167. The first-order chi connectivity index (χ1) is 27.3. The molecule has 2 heteroatoms. The molecular weight excluding hydrogens is 677 g/mol. The van der Waals surface area contributed by atoms with E-state index in [1.54, 1.807) is 0 Å². The molecule has 2 nitrogen and oxygen atoms in total. The van der Waals surface area contributed by atoms with E-state index >= 15 is 0 Å². The van der Waals surface area contributed by atoms with Crippen molar-refractivity contribution in [1.82, 2.24) is 0 Å². The summed E-state index contributed by atoms with van der Waals surface area (Å²) in [4.78, 5) is 7.66. The average Bonchev–Trinajstić information content (AvgIpc) is 3.35. The van der Waals surface area contributed by atoms with E-state index < -0.39 is 0 Å². The van der Waals surface area contributed by atoms with Crippen LogP contribution in [0.5, 0.6) is 0 Å². The van der Waals surface area contributed by atoms with E-state index in [0.717, 1.165) is 29.0 Å². The van der Waals surface area contributed by atoms with Gasteiger partial charge in [-0.3, -0.25) is 0 Å². The zero-order valence-corrected chi connectivity index (χ0v) is 32.4. The van der Waals surface area contributed by atoms with Gasteiger partial charge in [0.15, 0.2) is 0 Å². The molecule has 0 spiro atoms. The molecule has 0 aromatic heterocycles. The maximum atomic E-state index is 5.23. The first-order valence-corrected chi connectivity index (χ1v) is 19.8. The van der Waals surface area contributed by atoms with E-state index in [0.29, 0.717) is 0 Å². The van der Waals surface area contributed by atoms with Crippen LogP contribution in [0.15, 0.2) is 187 Å². The van der Waals surface area contributed by atoms with Gasteiger partial charge in [0.05, 0.1) is 22.8 Å². The summed E-state index contributed by atoms with van der Waals surface area (Å²) >= 11 is 0. The van der Waals surface area contributed by atoms with Gasteiger partial charge >= 0.3 is 0 Å². The second-order valence-electron chi connectivity index (χ2n) is 16.4.